The van der Waals surface area contributed by atoms with Gasteiger partial charge in [-0.05, 0) is 41.8 Å². The van der Waals surface area contributed by atoms with Crippen molar-refractivity contribution in [2.75, 3.05) is 7.11 Å². The van der Waals surface area contributed by atoms with Gasteiger partial charge in [0.25, 0.3) is 0 Å². The van der Waals surface area contributed by atoms with Crippen molar-refractivity contribution in [3.05, 3.63) is 94.8 Å². The molecule has 0 saturated heterocycles. The van der Waals surface area contributed by atoms with Gasteiger partial charge in [0.15, 0.2) is 0 Å². The minimum absolute atomic E-state index is 0.0335. The molecule has 0 heterocycles. The maximum atomic E-state index is 13.8. The van der Waals surface area contributed by atoms with E-state index in [-0.39, 0.29) is 18.7 Å². The molecule has 1 amide bonds. The third kappa shape index (κ3) is 6.06. The summed E-state index contributed by atoms with van der Waals surface area (Å²) in [6.45, 7) is 0.120. The van der Waals surface area contributed by atoms with Crippen LogP contribution in [0.15, 0.2) is 77.7 Å². The minimum atomic E-state index is -4.28. The molecule has 3 aromatic carbocycles. The number of carbonyl (C=O) groups is 1. The van der Waals surface area contributed by atoms with Crippen LogP contribution in [0.1, 0.15) is 11.1 Å². The topological polar surface area (TPSA) is 84.5 Å². The van der Waals surface area contributed by atoms with Crippen LogP contribution in [0.25, 0.3) is 0 Å². The van der Waals surface area contributed by atoms with Crippen molar-refractivity contribution in [3.63, 3.8) is 0 Å². The van der Waals surface area contributed by atoms with E-state index in [9.17, 15) is 17.6 Å². The van der Waals surface area contributed by atoms with Gasteiger partial charge in [0.1, 0.15) is 22.5 Å². The Bertz CT molecular complexity index is 1190. The number of methoxy groups -OCH3 is 1. The van der Waals surface area contributed by atoms with Gasteiger partial charge in [-0.3, -0.25) is 4.79 Å². The SMILES string of the molecule is COc1ccc(F)cc1S(=O)(=O)NC(Cc1ccccc1)C(=O)NCc1ccccc1Cl. The van der Waals surface area contributed by atoms with Gasteiger partial charge < -0.3 is 10.1 Å². The van der Waals surface area contributed by atoms with Crippen LogP contribution in [0.2, 0.25) is 5.02 Å². The van der Waals surface area contributed by atoms with E-state index in [1.54, 1.807) is 48.5 Å². The Morgan fingerprint density at radius 1 is 1.06 bits per heavy atom. The van der Waals surface area contributed by atoms with Crippen LogP contribution in [0.4, 0.5) is 4.39 Å². The zero-order valence-corrected chi connectivity index (χ0v) is 18.8. The normalized spacial score (nSPS) is 12.2. The number of hydrogen-bond acceptors (Lipinski definition) is 4. The minimum Gasteiger partial charge on any atom is -0.495 e. The maximum Gasteiger partial charge on any atom is 0.245 e. The van der Waals surface area contributed by atoms with Gasteiger partial charge in [0.2, 0.25) is 15.9 Å². The summed E-state index contributed by atoms with van der Waals surface area (Å²) in [6, 6.07) is 18.0. The zero-order chi connectivity index (χ0) is 23.1. The lowest BCUT2D eigenvalue weighted by molar-refractivity contribution is -0.122. The third-order valence-electron chi connectivity index (χ3n) is 4.72. The molecule has 0 spiro atoms. The summed E-state index contributed by atoms with van der Waals surface area (Å²) in [5.74, 6) is -1.32. The Hall–Kier alpha value is -2.94. The zero-order valence-electron chi connectivity index (χ0n) is 17.2. The fourth-order valence-electron chi connectivity index (χ4n) is 3.10. The second-order valence-corrected chi connectivity index (χ2v) is 9.06. The molecule has 0 aliphatic rings. The molecule has 6 nitrogen and oxygen atoms in total. The van der Waals surface area contributed by atoms with Crippen LogP contribution >= 0.6 is 11.6 Å². The number of benzene rings is 3. The fourth-order valence-corrected chi connectivity index (χ4v) is 4.67. The molecule has 3 rings (SSSR count). The molecule has 32 heavy (non-hydrogen) atoms. The summed E-state index contributed by atoms with van der Waals surface area (Å²) < 4.78 is 47.3. The van der Waals surface area contributed by atoms with Crippen molar-refractivity contribution < 1.29 is 22.3 Å². The van der Waals surface area contributed by atoms with Crippen molar-refractivity contribution in [2.45, 2.75) is 23.9 Å². The highest BCUT2D eigenvalue weighted by molar-refractivity contribution is 7.89. The molecule has 9 heteroatoms. The largest absolute Gasteiger partial charge is 0.495 e. The molecule has 2 N–H and O–H groups in total. The number of amides is 1. The smallest absolute Gasteiger partial charge is 0.245 e. The lowest BCUT2D eigenvalue weighted by atomic mass is 10.1. The van der Waals surface area contributed by atoms with E-state index in [0.717, 1.165) is 17.7 Å². The molecule has 0 bridgehead atoms. The van der Waals surface area contributed by atoms with E-state index >= 15 is 0 Å². The first-order valence-electron chi connectivity index (χ1n) is 9.71. The second kappa shape index (κ2) is 10.6. The molecular weight excluding hydrogens is 455 g/mol. The van der Waals surface area contributed by atoms with Gasteiger partial charge in [-0.2, -0.15) is 4.72 Å². The summed E-state index contributed by atoms with van der Waals surface area (Å²) in [5.41, 5.74) is 1.44. The van der Waals surface area contributed by atoms with E-state index in [0.29, 0.717) is 10.6 Å². The maximum absolute atomic E-state index is 13.8. The average Bonchev–Trinajstić information content (AvgIpc) is 2.78. The predicted molar refractivity (Wildman–Crippen MR) is 121 cm³/mol. The number of hydrogen-bond donors (Lipinski definition) is 2. The van der Waals surface area contributed by atoms with Gasteiger partial charge >= 0.3 is 0 Å². The Morgan fingerprint density at radius 2 is 1.75 bits per heavy atom. The van der Waals surface area contributed by atoms with E-state index in [1.807, 2.05) is 6.07 Å². The molecule has 0 fully saturated rings. The van der Waals surface area contributed by atoms with Crippen LogP contribution < -0.4 is 14.8 Å². The van der Waals surface area contributed by atoms with Crippen molar-refractivity contribution in [1.82, 2.24) is 10.0 Å². The molecule has 0 saturated carbocycles. The number of nitrogens with one attached hydrogen (secondary N) is 2. The third-order valence-corrected chi connectivity index (χ3v) is 6.58. The number of rotatable bonds is 9. The highest BCUT2D eigenvalue weighted by Gasteiger charge is 2.28. The van der Waals surface area contributed by atoms with Crippen LogP contribution in [-0.2, 0) is 27.8 Å². The average molecular weight is 477 g/mol. The highest BCUT2D eigenvalue weighted by Crippen LogP contribution is 2.25. The lowest BCUT2D eigenvalue weighted by Gasteiger charge is -2.20. The van der Waals surface area contributed by atoms with Gasteiger partial charge in [0.05, 0.1) is 7.11 Å². The van der Waals surface area contributed by atoms with Gasteiger partial charge in [-0.15, -0.1) is 0 Å². The molecule has 0 aliphatic carbocycles. The summed E-state index contributed by atoms with van der Waals surface area (Å²) in [5, 5.41) is 3.20. The fraction of sp³-hybridized carbons (Fsp3) is 0.174. The van der Waals surface area contributed by atoms with Crippen molar-refractivity contribution in [3.8, 4) is 5.75 Å². The highest BCUT2D eigenvalue weighted by atomic mass is 35.5. The van der Waals surface area contributed by atoms with Crippen LogP contribution in [0, 0.1) is 5.82 Å². The number of ether oxygens (including phenoxy) is 1. The second-order valence-electron chi connectivity index (χ2n) is 6.97. The molecule has 1 atom stereocenters. The summed E-state index contributed by atoms with van der Waals surface area (Å²) in [6.07, 6.45) is 0.0893. The van der Waals surface area contributed by atoms with Crippen molar-refractivity contribution in [2.24, 2.45) is 0 Å². The monoisotopic (exact) mass is 476 g/mol. The first kappa shape index (κ1) is 23.7. The van der Waals surface area contributed by atoms with Gasteiger partial charge in [-0.25, -0.2) is 12.8 Å². The number of halogens is 2. The Labute approximate surface area is 191 Å². The first-order chi connectivity index (χ1) is 15.3. The first-order valence-corrected chi connectivity index (χ1v) is 11.6. The van der Waals surface area contributed by atoms with E-state index in [2.05, 4.69) is 10.0 Å². The molecule has 168 valence electrons. The molecule has 0 aliphatic heterocycles. The molecule has 0 aromatic heterocycles. The quantitative estimate of drug-likeness (QED) is 0.493. The summed E-state index contributed by atoms with van der Waals surface area (Å²) in [4.78, 5) is 12.6. The summed E-state index contributed by atoms with van der Waals surface area (Å²) >= 11 is 6.14. The van der Waals surface area contributed by atoms with Crippen LogP contribution in [0.3, 0.4) is 0 Å². The molecule has 1 unspecified atom stereocenters. The van der Waals surface area contributed by atoms with E-state index < -0.39 is 32.7 Å². The predicted octanol–water partition coefficient (Wildman–Crippen LogP) is 3.69. The molecule has 0 radical (unpaired) electrons. The van der Waals surface area contributed by atoms with E-state index in [4.69, 9.17) is 16.3 Å². The molecule has 3 aromatic rings. The Morgan fingerprint density at radius 3 is 2.44 bits per heavy atom. The van der Waals surface area contributed by atoms with Crippen molar-refractivity contribution >= 4 is 27.5 Å². The van der Waals surface area contributed by atoms with Gasteiger partial charge in [0, 0.05) is 11.6 Å². The number of carbonyl (C=O) groups excluding carboxylic acids is 1. The van der Waals surface area contributed by atoms with Crippen molar-refractivity contribution in [1.29, 1.82) is 0 Å². The standard InChI is InChI=1S/C23H22ClFN2O4S/c1-31-21-12-11-18(25)14-22(21)32(29,30)27-20(13-16-7-3-2-4-8-16)23(28)26-15-17-9-5-6-10-19(17)24/h2-12,14,20,27H,13,15H2,1H3,(H,26,28). The Kier molecular flexibility index (Phi) is 7.84. The summed E-state index contributed by atoms with van der Waals surface area (Å²) in [7, 11) is -3.00. The number of sulfonamides is 1. The Balaban J connectivity index is 1.86. The van der Waals surface area contributed by atoms with Crippen LogP contribution in [0.5, 0.6) is 5.75 Å². The van der Waals surface area contributed by atoms with E-state index in [1.165, 1.54) is 13.2 Å². The van der Waals surface area contributed by atoms with Gasteiger partial charge in [-0.1, -0.05) is 60.1 Å². The lowest BCUT2D eigenvalue weighted by Crippen LogP contribution is -2.47. The molecular formula is C23H22ClFN2O4S. The van der Waals surface area contributed by atoms with Crippen LogP contribution in [-0.4, -0.2) is 27.5 Å².